The molecule has 17 heavy (non-hydrogen) atoms. The SMILES string of the molecule is CC(C)C1CCC(O)C(N)c2ccccc2C1. The summed E-state index contributed by atoms with van der Waals surface area (Å²) in [7, 11) is 0. The Balaban J connectivity index is 2.34. The minimum Gasteiger partial charge on any atom is -0.391 e. The third-order valence-corrected chi connectivity index (χ3v) is 4.09. The summed E-state index contributed by atoms with van der Waals surface area (Å²) in [4.78, 5) is 0. The standard InChI is InChI=1S/C15H23NO/c1-10(2)11-7-8-14(17)15(16)13-6-4-3-5-12(13)9-11/h3-6,10-11,14-15,17H,7-9,16H2,1-2H3. The van der Waals surface area contributed by atoms with Crippen LogP contribution in [-0.2, 0) is 6.42 Å². The van der Waals surface area contributed by atoms with Crippen LogP contribution in [0.3, 0.4) is 0 Å². The Morgan fingerprint density at radius 2 is 1.94 bits per heavy atom. The molecule has 1 aliphatic carbocycles. The fourth-order valence-corrected chi connectivity index (χ4v) is 2.77. The van der Waals surface area contributed by atoms with Gasteiger partial charge in [-0.15, -0.1) is 0 Å². The molecule has 3 unspecified atom stereocenters. The lowest BCUT2D eigenvalue weighted by molar-refractivity contribution is 0.117. The molecule has 0 heterocycles. The Hall–Kier alpha value is -0.860. The van der Waals surface area contributed by atoms with E-state index in [1.54, 1.807) is 0 Å². The Labute approximate surface area is 104 Å². The lowest BCUT2D eigenvalue weighted by Gasteiger charge is -2.30. The van der Waals surface area contributed by atoms with Crippen LogP contribution in [0.5, 0.6) is 0 Å². The van der Waals surface area contributed by atoms with Gasteiger partial charge in [0.15, 0.2) is 0 Å². The molecule has 3 atom stereocenters. The van der Waals surface area contributed by atoms with Crippen molar-refractivity contribution in [3.63, 3.8) is 0 Å². The van der Waals surface area contributed by atoms with Gasteiger partial charge in [-0.2, -0.15) is 0 Å². The molecule has 0 amide bonds. The second-order valence-corrected chi connectivity index (χ2v) is 5.58. The maximum absolute atomic E-state index is 10.1. The highest BCUT2D eigenvalue weighted by atomic mass is 16.3. The molecule has 0 saturated carbocycles. The van der Waals surface area contributed by atoms with E-state index in [9.17, 15) is 5.11 Å². The average Bonchev–Trinajstić information content (AvgIpc) is 2.31. The van der Waals surface area contributed by atoms with Crippen LogP contribution in [0, 0.1) is 11.8 Å². The fourth-order valence-electron chi connectivity index (χ4n) is 2.77. The summed E-state index contributed by atoms with van der Waals surface area (Å²) in [5.41, 5.74) is 8.58. The van der Waals surface area contributed by atoms with Crippen LogP contribution in [0.15, 0.2) is 24.3 Å². The normalized spacial score (nSPS) is 29.6. The molecule has 0 aliphatic heterocycles. The molecule has 0 fully saturated rings. The number of hydrogen-bond acceptors (Lipinski definition) is 2. The highest BCUT2D eigenvalue weighted by Crippen LogP contribution is 2.32. The maximum atomic E-state index is 10.1. The molecule has 0 aromatic heterocycles. The molecular weight excluding hydrogens is 210 g/mol. The first-order valence-electron chi connectivity index (χ1n) is 6.61. The highest BCUT2D eigenvalue weighted by Gasteiger charge is 2.26. The summed E-state index contributed by atoms with van der Waals surface area (Å²) in [6.07, 6.45) is 2.57. The Morgan fingerprint density at radius 1 is 1.24 bits per heavy atom. The van der Waals surface area contributed by atoms with Crippen molar-refractivity contribution >= 4 is 0 Å². The van der Waals surface area contributed by atoms with Crippen LogP contribution in [0.4, 0.5) is 0 Å². The lowest BCUT2D eigenvalue weighted by atomic mass is 9.79. The molecule has 0 spiro atoms. The highest BCUT2D eigenvalue weighted by molar-refractivity contribution is 5.31. The van der Waals surface area contributed by atoms with Crippen molar-refractivity contribution in [2.24, 2.45) is 17.6 Å². The van der Waals surface area contributed by atoms with Crippen molar-refractivity contribution in [2.75, 3.05) is 0 Å². The van der Waals surface area contributed by atoms with Gasteiger partial charge in [-0.1, -0.05) is 38.1 Å². The van der Waals surface area contributed by atoms with Gasteiger partial charge in [0.25, 0.3) is 0 Å². The Bertz CT molecular complexity index is 375. The van der Waals surface area contributed by atoms with Crippen LogP contribution < -0.4 is 5.73 Å². The molecule has 0 bridgehead atoms. The van der Waals surface area contributed by atoms with E-state index in [0.29, 0.717) is 11.8 Å². The zero-order valence-corrected chi connectivity index (χ0v) is 10.8. The predicted molar refractivity (Wildman–Crippen MR) is 70.6 cm³/mol. The van der Waals surface area contributed by atoms with Gasteiger partial charge >= 0.3 is 0 Å². The molecule has 0 radical (unpaired) electrons. The Kier molecular flexibility index (Phi) is 3.85. The van der Waals surface area contributed by atoms with E-state index in [1.807, 2.05) is 6.07 Å². The molecule has 1 aliphatic rings. The number of benzene rings is 1. The predicted octanol–water partition coefficient (Wildman–Crippen LogP) is 2.66. The quantitative estimate of drug-likeness (QED) is 0.783. The van der Waals surface area contributed by atoms with Crippen molar-refractivity contribution < 1.29 is 5.11 Å². The van der Waals surface area contributed by atoms with Crippen LogP contribution in [0.25, 0.3) is 0 Å². The van der Waals surface area contributed by atoms with Gasteiger partial charge in [-0.05, 0) is 42.2 Å². The lowest BCUT2D eigenvalue weighted by Crippen LogP contribution is -2.31. The molecule has 2 heteroatoms. The summed E-state index contributed by atoms with van der Waals surface area (Å²) in [6, 6.07) is 8.07. The van der Waals surface area contributed by atoms with Crippen molar-refractivity contribution in [3.05, 3.63) is 35.4 Å². The third-order valence-electron chi connectivity index (χ3n) is 4.09. The summed E-state index contributed by atoms with van der Waals surface area (Å²) in [5.74, 6) is 1.31. The van der Waals surface area contributed by atoms with Crippen molar-refractivity contribution in [1.29, 1.82) is 0 Å². The third kappa shape index (κ3) is 2.70. The van der Waals surface area contributed by atoms with E-state index in [2.05, 4.69) is 32.0 Å². The minimum absolute atomic E-state index is 0.223. The van der Waals surface area contributed by atoms with Crippen molar-refractivity contribution in [1.82, 2.24) is 0 Å². The summed E-state index contributed by atoms with van der Waals surface area (Å²) in [5, 5.41) is 10.1. The zero-order valence-electron chi connectivity index (χ0n) is 10.8. The second-order valence-electron chi connectivity index (χ2n) is 5.58. The number of fused-ring (bicyclic) bond motifs is 1. The first-order valence-corrected chi connectivity index (χ1v) is 6.61. The first-order chi connectivity index (χ1) is 8.09. The second kappa shape index (κ2) is 5.19. The van der Waals surface area contributed by atoms with Crippen LogP contribution in [0.1, 0.15) is 43.9 Å². The molecule has 2 nitrogen and oxygen atoms in total. The average molecular weight is 233 g/mol. The van der Waals surface area contributed by atoms with Gasteiger partial charge in [-0.25, -0.2) is 0 Å². The van der Waals surface area contributed by atoms with Crippen molar-refractivity contribution in [3.8, 4) is 0 Å². The number of aliphatic hydroxyl groups excluding tert-OH is 1. The summed E-state index contributed by atoms with van der Waals surface area (Å²) in [6.45, 7) is 4.53. The largest absolute Gasteiger partial charge is 0.391 e. The van der Waals surface area contributed by atoms with Gasteiger partial charge in [0.05, 0.1) is 12.1 Å². The van der Waals surface area contributed by atoms with Crippen molar-refractivity contribution in [2.45, 2.75) is 45.3 Å². The van der Waals surface area contributed by atoms with Crippen LogP contribution >= 0.6 is 0 Å². The summed E-state index contributed by atoms with van der Waals surface area (Å²) < 4.78 is 0. The number of aliphatic hydroxyl groups is 1. The Morgan fingerprint density at radius 3 is 2.65 bits per heavy atom. The minimum atomic E-state index is -0.405. The molecule has 1 aromatic rings. The monoisotopic (exact) mass is 233 g/mol. The smallest absolute Gasteiger partial charge is 0.0733 e. The van der Waals surface area contributed by atoms with E-state index in [4.69, 9.17) is 5.73 Å². The number of nitrogens with two attached hydrogens (primary N) is 1. The maximum Gasteiger partial charge on any atom is 0.0733 e. The van der Waals surface area contributed by atoms with Gasteiger partial charge in [0.2, 0.25) is 0 Å². The molecule has 0 saturated heterocycles. The molecule has 1 aromatic carbocycles. The number of hydrogen-bond donors (Lipinski definition) is 2. The van der Waals surface area contributed by atoms with Crippen LogP contribution in [-0.4, -0.2) is 11.2 Å². The molecular formula is C15H23NO. The topological polar surface area (TPSA) is 46.2 Å². The first kappa shape index (κ1) is 12.6. The summed E-state index contributed by atoms with van der Waals surface area (Å²) >= 11 is 0. The van der Waals surface area contributed by atoms with Gasteiger partial charge in [0.1, 0.15) is 0 Å². The molecule has 94 valence electrons. The molecule has 3 N–H and O–H groups in total. The number of rotatable bonds is 1. The van der Waals surface area contributed by atoms with E-state index >= 15 is 0 Å². The fraction of sp³-hybridized carbons (Fsp3) is 0.600. The van der Waals surface area contributed by atoms with E-state index in [-0.39, 0.29) is 6.04 Å². The van der Waals surface area contributed by atoms with E-state index in [0.717, 1.165) is 24.8 Å². The van der Waals surface area contributed by atoms with Gasteiger partial charge < -0.3 is 10.8 Å². The van der Waals surface area contributed by atoms with Gasteiger partial charge in [0, 0.05) is 0 Å². The zero-order chi connectivity index (χ0) is 12.4. The van der Waals surface area contributed by atoms with Gasteiger partial charge in [-0.3, -0.25) is 0 Å². The van der Waals surface area contributed by atoms with E-state index < -0.39 is 6.10 Å². The van der Waals surface area contributed by atoms with Crippen LogP contribution in [0.2, 0.25) is 0 Å². The molecule has 2 rings (SSSR count). The van der Waals surface area contributed by atoms with E-state index in [1.165, 1.54) is 5.56 Å².